The van der Waals surface area contributed by atoms with Crippen LogP contribution in [0.3, 0.4) is 0 Å². The second kappa shape index (κ2) is 1.51. The molecule has 1 aliphatic rings. The summed E-state index contributed by atoms with van der Waals surface area (Å²) in [5.74, 6) is 0. The van der Waals surface area contributed by atoms with Gasteiger partial charge in [0, 0.05) is 0 Å². The monoisotopic (exact) mass is 128 g/mol. The van der Waals surface area contributed by atoms with E-state index in [4.69, 9.17) is 0 Å². The van der Waals surface area contributed by atoms with Crippen molar-refractivity contribution >= 4 is 25.1 Å². The average molecular weight is 128 g/mol. The molecular weight excluding hydrogens is 125 g/mol. The van der Waals surface area contributed by atoms with Gasteiger partial charge < -0.3 is 0 Å². The predicted octanol–water partition coefficient (Wildman–Crippen LogP) is -0.588. The van der Waals surface area contributed by atoms with Gasteiger partial charge in [0.2, 0.25) is 0 Å². The standard InChI is InChI=1S/C3H3AsN/c1-2-5-3-4-1/h1H,2H2. The van der Waals surface area contributed by atoms with Gasteiger partial charge in [-0.1, -0.05) is 0 Å². The first kappa shape index (κ1) is 3.29. The van der Waals surface area contributed by atoms with Crippen LogP contribution in [0.1, 0.15) is 0 Å². The van der Waals surface area contributed by atoms with Gasteiger partial charge in [0.25, 0.3) is 0 Å². The van der Waals surface area contributed by atoms with Crippen LogP contribution in [0.5, 0.6) is 0 Å². The molecule has 0 aliphatic carbocycles. The van der Waals surface area contributed by atoms with Crippen molar-refractivity contribution in [3.63, 3.8) is 0 Å². The van der Waals surface area contributed by atoms with Gasteiger partial charge in [-0.2, -0.15) is 0 Å². The zero-order chi connectivity index (χ0) is 3.54. The molecular formula is C3H3AsN. The maximum atomic E-state index is 3.82. The zero-order valence-corrected chi connectivity index (χ0v) is 4.56. The Morgan fingerprint density at radius 3 is 3.20 bits per heavy atom. The van der Waals surface area contributed by atoms with E-state index in [1.54, 1.807) is 0 Å². The zero-order valence-electron chi connectivity index (χ0n) is 2.68. The number of rotatable bonds is 0. The van der Waals surface area contributed by atoms with Crippen LogP contribution in [-0.4, -0.2) is 31.7 Å². The Kier molecular flexibility index (Phi) is 0.997. The van der Waals surface area contributed by atoms with Crippen LogP contribution in [0.4, 0.5) is 0 Å². The van der Waals surface area contributed by atoms with E-state index in [0.29, 0.717) is 15.3 Å². The first-order valence-corrected chi connectivity index (χ1v) is 3.45. The molecule has 25 valence electrons. The van der Waals surface area contributed by atoms with E-state index >= 15 is 0 Å². The van der Waals surface area contributed by atoms with Gasteiger partial charge in [-0.05, 0) is 0 Å². The SMILES string of the molecule is [C]1=NCC=[As]1. The molecule has 1 nitrogen and oxygen atoms in total. The van der Waals surface area contributed by atoms with E-state index < -0.39 is 0 Å². The Morgan fingerprint density at radius 1 is 2.00 bits per heavy atom. The third-order valence-corrected chi connectivity index (χ3v) is 1.66. The van der Waals surface area contributed by atoms with Crippen molar-refractivity contribution in [2.24, 2.45) is 4.99 Å². The molecule has 0 N–H and O–H groups in total. The third kappa shape index (κ3) is 0.694. The maximum absolute atomic E-state index is 3.82. The van der Waals surface area contributed by atoms with E-state index in [1.165, 1.54) is 0 Å². The molecule has 0 aromatic rings. The topological polar surface area (TPSA) is 12.4 Å². The van der Waals surface area contributed by atoms with E-state index in [1.807, 2.05) is 0 Å². The number of hydrogen-bond acceptors (Lipinski definition) is 1. The predicted molar refractivity (Wildman–Crippen MR) is 24.1 cm³/mol. The fourth-order valence-electron chi connectivity index (χ4n) is 0.204. The molecule has 0 saturated carbocycles. The van der Waals surface area contributed by atoms with Crippen LogP contribution in [0.2, 0.25) is 0 Å². The van der Waals surface area contributed by atoms with Gasteiger partial charge in [-0.15, -0.1) is 0 Å². The molecule has 1 aliphatic heterocycles. The molecule has 2 heteroatoms. The van der Waals surface area contributed by atoms with E-state index in [9.17, 15) is 0 Å². The molecule has 0 spiro atoms. The Balaban J connectivity index is 2.61. The van der Waals surface area contributed by atoms with Crippen LogP contribution in [0.25, 0.3) is 0 Å². The van der Waals surface area contributed by atoms with E-state index in [0.717, 1.165) is 6.54 Å². The average Bonchev–Trinajstić information content (AvgIpc) is 1.76. The van der Waals surface area contributed by atoms with Gasteiger partial charge in [-0.25, -0.2) is 0 Å². The van der Waals surface area contributed by atoms with Crippen molar-refractivity contribution in [1.29, 1.82) is 0 Å². The first-order valence-electron chi connectivity index (χ1n) is 1.43. The van der Waals surface area contributed by atoms with Crippen molar-refractivity contribution in [1.82, 2.24) is 0 Å². The molecule has 0 amide bonds. The minimum atomic E-state index is 0.312. The molecule has 1 radical (unpaired) electrons. The summed E-state index contributed by atoms with van der Waals surface area (Å²) in [5, 5.41) is 2.89. The molecule has 0 atom stereocenters. The molecule has 0 aromatic heterocycles. The summed E-state index contributed by atoms with van der Waals surface area (Å²) in [6.07, 6.45) is 0. The quantitative estimate of drug-likeness (QED) is 0.387. The molecule has 0 aromatic carbocycles. The van der Waals surface area contributed by atoms with Crippen LogP contribution in [-0.2, 0) is 0 Å². The van der Waals surface area contributed by atoms with Crippen LogP contribution >= 0.6 is 0 Å². The van der Waals surface area contributed by atoms with Crippen molar-refractivity contribution in [3.8, 4) is 0 Å². The van der Waals surface area contributed by atoms with Gasteiger partial charge in [0.15, 0.2) is 0 Å². The van der Waals surface area contributed by atoms with Crippen LogP contribution in [0, 0.1) is 0 Å². The molecule has 5 heavy (non-hydrogen) atoms. The molecule has 0 bridgehead atoms. The molecule has 0 fully saturated rings. The number of hydrogen-bond donors (Lipinski definition) is 0. The van der Waals surface area contributed by atoms with Crippen molar-refractivity contribution in [3.05, 3.63) is 0 Å². The summed E-state index contributed by atoms with van der Waals surface area (Å²) < 4.78 is 0. The fraction of sp³-hybridized carbons (Fsp3) is 0.333. The van der Waals surface area contributed by atoms with Gasteiger partial charge in [-0.3, -0.25) is 0 Å². The first-order chi connectivity index (χ1) is 2.50. The molecule has 1 heterocycles. The Labute approximate surface area is 37.3 Å². The Bertz CT molecular complexity index is 65.0. The minimum absolute atomic E-state index is 0.312. The van der Waals surface area contributed by atoms with Gasteiger partial charge in [0.1, 0.15) is 0 Å². The van der Waals surface area contributed by atoms with Crippen molar-refractivity contribution in [2.45, 2.75) is 0 Å². The van der Waals surface area contributed by atoms with E-state index in [-0.39, 0.29) is 0 Å². The summed E-state index contributed by atoms with van der Waals surface area (Å²) in [7, 11) is 0. The van der Waals surface area contributed by atoms with Crippen molar-refractivity contribution in [2.75, 3.05) is 6.54 Å². The van der Waals surface area contributed by atoms with Gasteiger partial charge >= 0.3 is 36.7 Å². The van der Waals surface area contributed by atoms with Gasteiger partial charge in [0.05, 0.1) is 0 Å². The number of nitrogens with zero attached hydrogens (tertiary/aromatic N) is 1. The second-order valence-electron chi connectivity index (χ2n) is 0.752. The Morgan fingerprint density at radius 2 is 3.00 bits per heavy atom. The van der Waals surface area contributed by atoms with E-state index in [2.05, 4.69) is 14.8 Å². The molecule has 0 unspecified atom stereocenters. The fourth-order valence-corrected chi connectivity index (χ4v) is 1.06. The summed E-state index contributed by atoms with van der Waals surface area (Å²) in [5.41, 5.74) is 0. The summed E-state index contributed by atoms with van der Waals surface area (Å²) in [4.78, 5) is 6.00. The third-order valence-electron chi connectivity index (χ3n) is 0.393. The summed E-state index contributed by atoms with van der Waals surface area (Å²) in [6, 6.07) is 0. The second-order valence-corrected chi connectivity index (χ2v) is 2.48. The number of aliphatic imine (C=N–C) groups is 1. The Hall–Kier alpha value is 0.0984. The normalized spacial score (nSPS) is 20.8. The van der Waals surface area contributed by atoms with Crippen molar-refractivity contribution < 1.29 is 0 Å². The summed E-state index contributed by atoms with van der Waals surface area (Å²) >= 11 is 0.312. The van der Waals surface area contributed by atoms with Crippen LogP contribution in [0.15, 0.2) is 4.99 Å². The summed E-state index contributed by atoms with van der Waals surface area (Å²) in [6.45, 7) is 0.931. The molecule has 0 saturated heterocycles. The van der Waals surface area contributed by atoms with Crippen LogP contribution < -0.4 is 0 Å². The molecule has 1 rings (SSSR count).